The summed E-state index contributed by atoms with van der Waals surface area (Å²) in [4.78, 5) is 15.3. The quantitative estimate of drug-likeness (QED) is 0.175. The molecule has 0 atom stereocenters. The zero-order valence-corrected chi connectivity index (χ0v) is 33.9. The first kappa shape index (κ1) is 35.3. The topological polar surface area (TPSA) is 43.6 Å². The largest absolute Gasteiger partial charge is 0.309 e. The third-order valence-electron chi connectivity index (χ3n) is 12.9. The average molecular weight is 761 g/mol. The van der Waals surface area contributed by atoms with Gasteiger partial charge in [0.15, 0.2) is 17.5 Å². The van der Waals surface area contributed by atoms with Gasteiger partial charge in [0.05, 0.1) is 11.0 Å². The van der Waals surface area contributed by atoms with E-state index in [0.717, 1.165) is 27.9 Å². The summed E-state index contributed by atoms with van der Waals surface area (Å²) in [5.74, 6) is 1.94. The normalized spacial score (nSPS) is 14.6. The number of nitrogens with zero attached hydrogens (tertiary/aromatic N) is 4. The summed E-state index contributed by atoms with van der Waals surface area (Å²) in [6, 6.07) is 61.0. The van der Waals surface area contributed by atoms with Crippen molar-refractivity contribution in [1.29, 1.82) is 0 Å². The van der Waals surface area contributed by atoms with E-state index in [9.17, 15) is 0 Å². The van der Waals surface area contributed by atoms with Crippen molar-refractivity contribution in [3.8, 4) is 51.0 Å². The van der Waals surface area contributed by atoms with Gasteiger partial charge in [-0.05, 0) is 98.5 Å². The minimum absolute atomic E-state index is 0.0926. The summed E-state index contributed by atoms with van der Waals surface area (Å²) >= 11 is 0. The fourth-order valence-corrected chi connectivity index (χ4v) is 9.49. The van der Waals surface area contributed by atoms with Crippen LogP contribution in [0.5, 0.6) is 0 Å². The van der Waals surface area contributed by atoms with Crippen molar-refractivity contribution in [1.82, 2.24) is 19.5 Å². The van der Waals surface area contributed by atoms with E-state index in [-0.39, 0.29) is 10.8 Å². The van der Waals surface area contributed by atoms with E-state index >= 15 is 0 Å². The summed E-state index contributed by atoms with van der Waals surface area (Å²) in [5, 5.41) is 7.55. The van der Waals surface area contributed by atoms with Crippen molar-refractivity contribution in [2.45, 2.75) is 51.4 Å². The molecule has 4 heteroatoms. The average Bonchev–Trinajstić information content (AvgIpc) is 3.62. The molecule has 0 aliphatic heterocycles. The Morgan fingerprint density at radius 3 is 1.58 bits per heavy atom. The van der Waals surface area contributed by atoms with Crippen LogP contribution in [0.2, 0.25) is 0 Å². The SMILES string of the molecule is CC1(C)CCC(C)(C)c2cc3c(cc21)c1ccc2ccccc2c1n3-c1ccc(-c2nc(-c3ccccc3)nc(-c3ccc(-c4cccc5ccccc45)cc3)n2)cc1. The smallest absolute Gasteiger partial charge is 0.164 e. The number of rotatable bonds is 5. The molecular weight excluding hydrogens is 717 g/mol. The standard InChI is InChI=1S/C55H44N4/c1-54(2)31-32-55(3,4)48-34-49-46(33-47(48)54)45-30-27-36-14-9-11-19-44(36)50(45)59(49)41-28-25-40(26-29-41)53-57-51(38-15-6-5-7-16-38)56-52(58-53)39-23-21-37(22-24-39)43-20-12-17-35-13-8-10-18-42(35)43/h5-30,33-34H,31-32H2,1-4H3. The zero-order chi connectivity index (χ0) is 39.9. The van der Waals surface area contributed by atoms with E-state index in [1.54, 1.807) is 0 Å². The summed E-state index contributed by atoms with van der Waals surface area (Å²) in [6.45, 7) is 9.65. The van der Waals surface area contributed by atoms with Gasteiger partial charge < -0.3 is 4.57 Å². The lowest BCUT2D eigenvalue weighted by molar-refractivity contribution is 0.332. The predicted molar refractivity (Wildman–Crippen MR) is 246 cm³/mol. The van der Waals surface area contributed by atoms with Gasteiger partial charge in [-0.1, -0.05) is 161 Å². The Kier molecular flexibility index (Phi) is 7.96. The van der Waals surface area contributed by atoms with Crippen molar-refractivity contribution in [2.75, 3.05) is 0 Å². The summed E-state index contributed by atoms with van der Waals surface area (Å²) < 4.78 is 2.49. The van der Waals surface area contributed by atoms with Gasteiger partial charge in [0, 0.05) is 38.5 Å². The Bertz CT molecular complexity index is 3240. The summed E-state index contributed by atoms with van der Waals surface area (Å²) in [6.07, 6.45) is 2.35. The Balaban J connectivity index is 1.05. The molecule has 2 heterocycles. The molecule has 8 aromatic carbocycles. The Hall–Kier alpha value is -6.91. The maximum absolute atomic E-state index is 5.13. The molecule has 10 aromatic rings. The van der Waals surface area contributed by atoms with Gasteiger partial charge in [-0.2, -0.15) is 0 Å². The molecule has 0 radical (unpaired) electrons. The van der Waals surface area contributed by atoms with Gasteiger partial charge in [0.2, 0.25) is 0 Å². The third-order valence-corrected chi connectivity index (χ3v) is 12.9. The number of hydrogen-bond donors (Lipinski definition) is 0. The molecule has 4 nitrogen and oxygen atoms in total. The summed E-state index contributed by atoms with van der Waals surface area (Å²) in [7, 11) is 0. The molecule has 0 spiro atoms. The van der Waals surface area contributed by atoms with Gasteiger partial charge in [-0.15, -0.1) is 0 Å². The molecule has 1 aliphatic carbocycles. The van der Waals surface area contributed by atoms with Crippen molar-refractivity contribution < 1.29 is 0 Å². The second kappa shape index (κ2) is 13.3. The maximum atomic E-state index is 5.13. The van der Waals surface area contributed by atoms with Crippen LogP contribution in [0, 0.1) is 0 Å². The lowest BCUT2D eigenvalue weighted by Gasteiger charge is -2.42. The highest BCUT2D eigenvalue weighted by Crippen LogP contribution is 2.49. The van der Waals surface area contributed by atoms with E-state index in [4.69, 9.17) is 15.0 Å². The first-order valence-corrected chi connectivity index (χ1v) is 20.7. The molecule has 0 fully saturated rings. The molecular formula is C55H44N4. The van der Waals surface area contributed by atoms with E-state index in [1.807, 2.05) is 18.2 Å². The van der Waals surface area contributed by atoms with Crippen LogP contribution in [-0.2, 0) is 10.8 Å². The first-order chi connectivity index (χ1) is 28.7. The van der Waals surface area contributed by atoms with Crippen LogP contribution in [0.25, 0.3) is 94.3 Å². The number of aromatic nitrogens is 4. The molecule has 0 amide bonds. The lowest BCUT2D eigenvalue weighted by atomic mass is 9.63. The highest BCUT2D eigenvalue weighted by atomic mass is 15.0. The van der Waals surface area contributed by atoms with Crippen molar-refractivity contribution in [3.05, 3.63) is 181 Å². The number of fused-ring (bicyclic) bond motifs is 7. The Morgan fingerprint density at radius 1 is 0.407 bits per heavy atom. The second-order valence-corrected chi connectivity index (χ2v) is 17.5. The molecule has 0 unspecified atom stereocenters. The van der Waals surface area contributed by atoms with Crippen molar-refractivity contribution >= 4 is 43.4 Å². The Morgan fingerprint density at radius 2 is 0.915 bits per heavy atom. The molecule has 0 N–H and O–H groups in total. The maximum Gasteiger partial charge on any atom is 0.164 e. The fourth-order valence-electron chi connectivity index (χ4n) is 9.49. The molecule has 0 saturated carbocycles. The Labute approximate surface area is 344 Å². The van der Waals surface area contributed by atoms with Gasteiger partial charge in [0.1, 0.15) is 0 Å². The summed E-state index contributed by atoms with van der Waals surface area (Å²) in [5.41, 5.74) is 11.9. The van der Waals surface area contributed by atoms with Gasteiger partial charge in [-0.3, -0.25) is 0 Å². The van der Waals surface area contributed by atoms with E-state index in [1.165, 1.54) is 72.9 Å². The minimum atomic E-state index is 0.0926. The van der Waals surface area contributed by atoms with Crippen LogP contribution in [0.3, 0.4) is 0 Å². The van der Waals surface area contributed by atoms with Crippen LogP contribution in [0.4, 0.5) is 0 Å². The van der Waals surface area contributed by atoms with Crippen LogP contribution >= 0.6 is 0 Å². The van der Waals surface area contributed by atoms with Crippen LogP contribution in [0.15, 0.2) is 170 Å². The van der Waals surface area contributed by atoms with E-state index in [0.29, 0.717) is 17.5 Å². The minimum Gasteiger partial charge on any atom is -0.309 e. The van der Waals surface area contributed by atoms with Crippen molar-refractivity contribution in [2.24, 2.45) is 0 Å². The van der Waals surface area contributed by atoms with Crippen LogP contribution in [0.1, 0.15) is 51.7 Å². The molecule has 11 rings (SSSR count). The first-order valence-electron chi connectivity index (χ1n) is 20.7. The number of hydrogen-bond acceptors (Lipinski definition) is 3. The fraction of sp³-hybridized carbons (Fsp3) is 0.145. The van der Waals surface area contributed by atoms with E-state index in [2.05, 4.69) is 184 Å². The molecule has 1 aliphatic rings. The highest BCUT2D eigenvalue weighted by molar-refractivity contribution is 6.19. The molecule has 284 valence electrons. The highest BCUT2D eigenvalue weighted by Gasteiger charge is 2.38. The van der Waals surface area contributed by atoms with Gasteiger partial charge in [0.25, 0.3) is 0 Å². The zero-order valence-electron chi connectivity index (χ0n) is 33.9. The predicted octanol–water partition coefficient (Wildman–Crippen LogP) is 14.3. The van der Waals surface area contributed by atoms with Gasteiger partial charge in [-0.25, -0.2) is 15.0 Å². The molecule has 2 aromatic heterocycles. The van der Waals surface area contributed by atoms with Crippen LogP contribution < -0.4 is 0 Å². The van der Waals surface area contributed by atoms with Crippen molar-refractivity contribution in [3.63, 3.8) is 0 Å². The molecule has 0 bridgehead atoms. The number of benzene rings is 8. The molecule has 0 saturated heterocycles. The lowest BCUT2D eigenvalue weighted by Crippen LogP contribution is -2.33. The molecule has 59 heavy (non-hydrogen) atoms. The third kappa shape index (κ3) is 5.85. The second-order valence-electron chi connectivity index (χ2n) is 17.5. The van der Waals surface area contributed by atoms with Crippen LogP contribution in [-0.4, -0.2) is 19.5 Å². The monoisotopic (exact) mass is 760 g/mol. The van der Waals surface area contributed by atoms with E-state index < -0.39 is 0 Å². The van der Waals surface area contributed by atoms with Gasteiger partial charge >= 0.3 is 0 Å².